The molecule has 0 atom stereocenters. The summed E-state index contributed by atoms with van der Waals surface area (Å²) in [6, 6.07) is 3.14. The van der Waals surface area contributed by atoms with Gasteiger partial charge in [0.05, 0.1) is 4.92 Å². The molecule has 0 amide bonds. The Labute approximate surface area is 112 Å². The number of benzene rings is 1. The van der Waals surface area contributed by atoms with Gasteiger partial charge in [0, 0.05) is 11.1 Å². The minimum Gasteiger partial charge on any atom is -0.375 e. The molecule has 0 radical (unpaired) electrons. The molecule has 0 saturated heterocycles. The molecule has 18 heavy (non-hydrogen) atoms. The minimum atomic E-state index is -4.18. The lowest BCUT2D eigenvalue weighted by atomic mass is 10.3. The molecule has 0 saturated carbocycles. The number of nitrogens with two attached hydrogens (primary N) is 1. The van der Waals surface area contributed by atoms with E-state index < -0.39 is 25.5 Å². The Morgan fingerprint density at radius 2 is 2.11 bits per heavy atom. The van der Waals surface area contributed by atoms with Crippen molar-refractivity contribution in [1.29, 1.82) is 0 Å². The number of nitro benzene ring substituents is 1. The van der Waals surface area contributed by atoms with Crippen LogP contribution >= 0.6 is 23.8 Å². The fraction of sp³-hybridized carbons (Fsp3) is 0. The van der Waals surface area contributed by atoms with Crippen LogP contribution in [-0.4, -0.2) is 18.5 Å². The molecule has 0 unspecified atom stereocenters. The Hall–Kier alpha value is -1.49. The Balaban J connectivity index is 3.24. The average molecular weight is 311 g/mol. The number of nitrogens with one attached hydrogen (secondary N) is 2. The minimum absolute atomic E-state index is 0.0444. The highest BCUT2D eigenvalue weighted by molar-refractivity contribution is 7.89. The quantitative estimate of drug-likeness (QED) is 0.414. The number of hydrogen-bond donors (Lipinski definition) is 3. The summed E-state index contributed by atoms with van der Waals surface area (Å²) in [6.07, 6.45) is 0. The summed E-state index contributed by atoms with van der Waals surface area (Å²) in [4.78, 5) is 11.1. The topological polar surface area (TPSA) is 127 Å². The molecule has 8 nitrogen and oxygen atoms in total. The summed E-state index contributed by atoms with van der Waals surface area (Å²) >= 11 is 9.97. The van der Waals surface area contributed by atoms with Crippen molar-refractivity contribution < 1.29 is 13.3 Å². The number of nitrogens with zero attached hydrogens (tertiary/aromatic N) is 1. The van der Waals surface area contributed by atoms with E-state index in [0.29, 0.717) is 0 Å². The number of halogens is 1. The van der Waals surface area contributed by atoms with E-state index in [0.717, 1.165) is 12.1 Å². The zero-order chi connectivity index (χ0) is 13.9. The van der Waals surface area contributed by atoms with Gasteiger partial charge >= 0.3 is 0 Å². The van der Waals surface area contributed by atoms with E-state index >= 15 is 0 Å². The van der Waals surface area contributed by atoms with Crippen molar-refractivity contribution in [3.8, 4) is 0 Å². The molecule has 4 N–H and O–H groups in total. The van der Waals surface area contributed by atoms with Crippen molar-refractivity contribution in [3.63, 3.8) is 0 Å². The number of hydrazine groups is 1. The fourth-order valence-corrected chi connectivity index (χ4v) is 2.33. The zero-order valence-electron chi connectivity index (χ0n) is 8.58. The van der Waals surface area contributed by atoms with Crippen LogP contribution in [0.2, 0.25) is 5.02 Å². The summed E-state index contributed by atoms with van der Waals surface area (Å²) in [5.74, 6) is 0. The molecule has 0 spiro atoms. The molecule has 11 heteroatoms. The Morgan fingerprint density at radius 3 is 2.61 bits per heavy atom. The van der Waals surface area contributed by atoms with Gasteiger partial charge in [-0.3, -0.25) is 15.5 Å². The van der Waals surface area contributed by atoms with Gasteiger partial charge in [-0.15, -0.1) is 4.83 Å². The molecule has 0 aromatic heterocycles. The maximum Gasteiger partial charge on any atom is 0.290 e. The van der Waals surface area contributed by atoms with Crippen LogP contribution in [0, 0.1) is 10.1 Å². The van der Waals surface area contributed by atoms with Gasteiger partial charge in [-0.1, -0.05) is 11.6 Å². The standard InChI is InChI=1S/C7H7ClN4O4S2/c8-4-1-2-6(5(3-4)12(13)14)18(15,16)11-10-7(9)17/h1-3,11H,(H3,9,10,17). The zero-order valence-corrected chi connectivity index (χ0v) is 11.0. The first-order valence-corrected chi connectivity index (χ1v) is 6.52. The second-order valence-electron chi connectivity index (χ2n) is 2.96. The molecule has 0 aliphatic carbocycles. The molecular formula is C7H7ClN4O4S2. The van der Waals surface area contributed by atoms with Crippen LogP contribution < -0.4 is 16.0 Å². The predicted octanol–water partition coefficient (Wildman–Crippen LogP) is 0.275. The smallest absolute Gasteiger partial charge is 0.290 e. The highest BCUT2D eigenvalue weighted by atomic mass is 35.5. The van der Waals surface area contributed by atoms with E-state index in [9.17, 15) is 18.5 Å². The summed E-state index contributed by atoms with van der Waals surface area (Å²) in [6.45, 7) is 0. The van der Waals surface area contributed by atoms with Crippen molar-refractivity contribution in [2.75, 3.05) is 0 Å². The Morgan fingerprint density at radius 1 is 1.50 bits per heavy atom. The number of nitro groups is 1. The maximum atomic E-state index is 11.7. The van der Waals surface area contributed by atoms with Crippen LogP contribution in [0.25, 0.3) is 0 Å². The van der Waals surface area contributed by atoms with Crippen LogP contribution in [0.5, 0.6) is 0 Å². The monoisotopic (exact) mass is 310 g/mol. The van der Waals surface area contributed by atoms with Crippen LogP contribution in [0.3, 0.4) is 0 Å². The van der Waals surface area contributed by atoms with Gasteiger partial charge in [0.15, 0.2) is 10.0 Å². The highest BCUT2D eigenvalue weighted by Crippen LogP contribution is 2.26. The van der Waals surface area contributed by atoms with Gasteiger partial charge in [0.25, 0.3) is 15.7 Å². The van der Waals surface area contributed by atoms with Crippen molar-refractivity contribution >= 4 is 44.6 Å². The third kappa shape index (κ3) is 3.50. The first-order valence-electron chi connectivity index (χ1n) is 4.25. The highest BCUT2D eigenvalue weighted by Gasteiger charge is 2.25. The van der Waals surface area contributed by atoms with E-state index in [1.165, 1.54) is 6.07 Å². The van der Waals surface area contributed by atoms with Crippen LogP contribution in [-0.2, 0) is 10.0 Å². The Bertz CT molecular complexity index is 603. The lowest BCUT2D eigenvalue weighted by Gasteiger charge is -2.08. The second-order valence-corrected chi connectivity index (χ2v) is 5.49. The number of hydrogen-bond acceptors (Lipinski definition) is 5. The van der Waals surface area contributed by atoms with Gasteiger partial charge in [-0.25, -0.2) is 8.42 Å². The molecule has 0 fully saturated rings. The van der Waals surface area contributed by atoms with Crippen LogP contribution in [0.15, 0.2) is 23.1 Å². The lowest BCUT2D eigenvalue weighted by Crippen LogP contribution is -2.44. The van der Waals surface area contributed by atoms with E-state index in [4.69, 9.17) is 17.3 Å². The summed E-state index contributed by atoms with van der Waals surface area (Å²) in [5.41, 5.74) is 6.37. The second kappa shape index (κ2) is 5.44. The third-order valence-electron chi connectivity index (χ3n) is 1.72. The first kappa shape index (κ1) is 14.6. The molecular weight excluding hydrogens is 304 g/mol. The van der Waals surface area contributed by atoms with Crippen LogP contribution in [0.1, 0.15) is 0 Å². The van der Waals surface area contributed by atoms with Crippen molar-refractivity contribution in [2.45, 2.75) is 4.90 Å². The summed E-state index contributed by atoms with van der Waals surface area (Å²) in [7, 11) is -4.18. The van der Waals surface area contributed by atoms with Gasteiger partial charge in [0.2, 0.25) is 0 Å². The van der Waals surface area contributed by atoms with Gasteiger partial charge < -0.3 is 5.73 Å². The van der Waals surface area contributed by atoms with Crippen molar-refractivity contribution in [2.24, 2.45) is 5.73 Å². The van der Waals surface area contributed by atoms with Crippen molar-refractivity contribution in [1.82, 2.24) is 10.3 Å². The first-order chi connectivity index (χ1) is 8.24. The average Bonchev–Trinajstić information content (AvgIpc) is 2.26. The third-order valence-corrected chi connectivity index (χ3v) is 3.35. The van der Waals surface area contributed by atoms with Gasteiger partial charge in [-0.05, 0) is 24.4 Å². The largest absolute Gasteiger partial charge is 0.375 e. The van der Waals surface area contributed by atoms with Crippen molar-refractivity contribution in [3.05, 3.63) is 33.3 Å². The molecule has 1 aromatic carbocycles. The normalized spacial score (nSPS) is 10.9. The Kier molecular flexibility index (Phi) is 4.40. The molecule has 0 heterocycles. The van der Waals surface area contributed by atoms with E-state index in [1.54, 1.807) is 4.83 Å². The number of thiocarbonyl (C=S) groups is 1. The van der Waals surface area contributed by atoms with Gasteiger partial charge in [-0.2, -0.15) is 0 Å². The fourth-order valence-electron chi connectivity index (χ4n) is 1.03. The number of sulfonamides is 1. The lowest BCUT2D eigenvalue weighted by molar-refractivity contribution is -0.387. The summed E-state index contributed by atoms with van der Waals surface area (Å²) in [5, 5.41) is 10.5. The number of rotatable bonds is 4. The maximum absolute atomic E-state index is 11.7. The SMILES string of the molecule is NC(=S)NNS(=O)(=O)c1ccc(Cl)cc1[N+](=O)[O-]. The van der Waals surface area contributed by atoms with Crippen LogP contribution in [0.4, 0.5) is 5.69 Å². The molecule has 0 aliphatic rings. The predicted molar refractivity (Wildman–Crippen MR) is 68.3 cm³/mol. The molecule has 98 valence electrons. The molecule has 0 bridgehead atoms. The van der Waals surface area contributed by atoms with E-state index in [1.807, 2.05) is 5.43 Å². The summed E-state index contributed by atoms with van der Waals surface area (Å²) < 4.78 is 23.5. The molecule has 1 rings (SSSR count). The molecule has 0 aliphatic heterocycles. The van der Waals surface area contributed by atoms with E-state index in [-0.39, 0.29) is 10.1 Å². The van der Waals surface area contributed by atoms with Gasteiger partial charge in [0.1, 0.15) is 0 Å². The molecule has 1 aromatic rings. The van der Waals surface area contributed by atoms with E-state index in [2.05, 4.69) is 12.2 Å².